The van der Waals surface area contributed by atoms with Crippen molar-refractivity contribution in [3.8, 4) is 0 Å². The first-order valence-corrected chi connectivity index (χ1v) is 14.3. The average Bonchev–Trinajstić information content (AvgIpc) is 3.31. The number of halogens is 1. The second kappa shape index (κ2) is 10.5. The minimum absolute atomic E-state index is 0.168. The van der Waals surface area contributed by atoms with Crippen LogP contribution in [0.3, 0.4) is 0 Å². The molecule has 0 amide bonds. The molecule has 0 radical (unpaired) electrons. The molecule has 0 bridgehead atoms. The lowest BCUT2D eigenvalue weighted by molar-refractivity contribution is 0.251. The van der Waals surface area contributed by atoms with Crippen LogP contribution in [0.15, 0.2) is 59.9 Å². The van der Waals surface area contributed by atoms with E-state index in [-0.39, 0.29) is 5.82 Å². The van der Waals surface area contributed by atoms with Gasteiger partial charge in [-0.3, -0.25) is 0 Å². The standard InChI is InChI=1S/C30H34FN6S/c1-19-33-17-26(38-19)8-5-21-14-22(16-24(31)15-21)13-20-3-6-25(7-4-20)37-28(23-9-11-36(2)12-10-23)27-29(37)30(32)35-18-34-27/h3-4,6-7,14-19,23,33H,5,8-13H2,1-2H3,(H2,32,34,35)/q+1. The van der Waals surface area contributed by atoms with Gasteiger partial charge in [-0.1, -0.05) is 18.2 Å². The smallest absolute Gasteiger partial charge is 0.286 e. The Kier molecular flexibility index (Phi) is 6.93. The van der Waals surface area contributed by atoms with Gasteiger partial charge in [-0.25, -0.2) is 14.4 Å². The lowest BCUT2D eigenvalue weighted by Crippen LogP contribution is -2.42. The Morgan fingerprint density at radius 1 is 1.05 bits per heavy atom. The van der Waals surface area contributed by atoms with Crippen molar-refractivity contribution in [2.75, 3.05) is 25.9 Å². The molecule has 0 spiro atoms. The molecule has 4 heterocycles. The summed E-state index contributed by atoms with van der Waals surface area (Å²) in [5, 5.41) is 3.74. The van der Waals surface area contributed by atoms with E-state index in [0.29, 0.717) is 23.5 Å². The van der Waals surface area contributed by atoms with Gasteiger partial charge in [0.05, 0.1) is 5.37 Å². The third-order valence-electron chi connectivity index (χ3n) is 7.75. The van der Waals surface area contributed by atoms with Crippen molar-refractivity contribution in [1.29, 1.82) is 0 Å². The Bertz CT molecular complexity index is 1410. The zero-order valence-electron chi connectivity index (χ0n) is 22.0. The van der Waals surface area contributed by atoms with Crippen LogP contribution in [0.5, 0.6) is 0 Å². The van der Waals surface area contributed by atoms with Gasteiger partial charge < -0.3 is 16.0 Å². The first-order valence-electron chi connectivity index (χ1n) is 13.4. The van der Waals surface area contributed by atoms with Crippen LogP contribution in [0.25, 0.3) is 0 Å². The summed E-state index contributed by atoms with van der Waals surface area (Å²) in [6.45, 7) is 4.31. The quantitative estimate of drug-likeness (QED) is 0.409. The second-order valence-electron chi connectivity index (χ2n) is 10.6. The number of nitrogens with one attached hydrogen (secondary N) is 1. The molecule has 38 heavy (non-hydrogen) atoms. The summed E-state index contributed by atoms with van der Waals surface area (Å²) >= 11 is 1.84. The van der Waals surface area contributed by atoms with Gasteiger partial charge in [0.15, 0.2) is 0 Å². The number of piperidine rings is 1. The molecule has 8 heteroatoms. The van der Waals surface area contributed by atoms with Gasteiger partial charge in [0.25, 0.3) is 5.69 Å². The molecule has 3 aliphatic heterocycles. The predicted molar refractivity (Wildman–Crippen MR) is 154 cm³/mol. The number of aryl methyl sites for hydroxylation is 1. The van der Waals surface area contributed by atoms with E-state index in [1.54, 1.807) is 18.5 Å². The number of likely N-dealkylation sites (tertiary alicyclic amines) is 1. The summed E-state index contributed by atoms with van der Waals surface area (Å²) in [6.07, 6.45) is 8.33. The molecule has 1 saturated heterocycles. The van der Waals surface area contributed by atoms with E-state index in [9.17, 15) is 4.39 Å². The zero-order chi connectivity index (χ0) is 26.2. The van der Waals surface area contributed by atoms with Crippen LogP contribution in [0.2, 0.25) is 0 Å². The molecule has 196 valence electrons. The maximum absolute atomic E-state index is 14.5. The van der Waals surface area contributed by atoms with E-state index in [2.05, 4.69) is 75.3 Å². The van der Waals surface area contributed by atoms with Gasteiger partial charge in [0, 0.05) is 29.2 Å². The SMILES string of the molecule is CC1NC=C(CCc2cc(F)cc(Cc3ccc([N+]4=C(C5CCN(C)CC5)c5ncnc(N)c54)cc3)c2)S1. The number of nitrogens with two attached hydrogens (primary N) is 1. The molecule has 6 rings (SSSR count). The number of hydrogen-bond acceptors (Lipinski definition) is 6. The average molecular weight is 530 g/mol. The Morgan fingerprint density at radius 2 is 1.82 bits per heavy atom. The maximum atomic E-state index is 14.5. The van der Waals surface area contributed by atoms with Crippen LogP contribution in [0, 0.1) is 11.7 Å². The van der Waals surface area contributed by atoms with Crippen molar-refractivity contribution in [2.45, 2.75) is 44.4 Å². The van der Waals surface area contributed by atoms with Crippen LogP contribution in [0.1, 0.15) is 48.6 Å². The van der Waals surface area contributed by atoms with E-state index < -0.39 is 0 Å². The second-order valence-corrected chi connectivity index (χ2v) is 12.1. The largest absolute Gasteiger partial charge is 0.379 e. The zero-order valence-corrected chi connectivity index (χ0v) is 22.8. The number of hydrogen-bond donors (Lipinski definition) is 2. The molecule has 6 nitrogen and oxygen atoms in total. The number of nitrogens with zero attached hydrogens (tertiary/aromatic N) is 4. The highest BCUT2D eigenvalue weighted by Crippen LogP contribution is 2.40. The van der Waals surface area contributed by atoms with Gasteiger partial charge in [-0.2, -0.15) is 0 Å². The van der Waals surface area contributed by atoms with Crippen molar-refractivity contribution in [1.82, 2.24) is 24.8 Å². The summed E-state index contributed by atoms with van der Waals surface area (Å²) in [5.74, 6) is 0.800. The Balaban J connectivity index is 1.21. The number of aromatic nitrogens is 2. The van der Waals surface area contributed by atoms with E-state index in [1.165, 1.54) is 10.6 Å². The van der Waals surface area contributed by atoms with Crippen molar-refractivity contribution < 1.29 is 4.39 Å². The molecule has 1 fully saturated rings. The molecule has 0 aliphatic carbocycles. The van der Waals surface area contributed by atoms with E-state index in [4.69, 9.17) is 5.73 Å². The molecular formula is C30H34FN6S+. The van der Waals surface area contributed by atoms with E-state index in [1.807, 2.05) is 11.8 Å². The molecule has 0 saturated carbocycles. The van der Waals surface area contributed by atoms with Crippen molar-refractivity contribution in [2.24, 2.45) is 5.92 Å². The number of fused-ring (bicyclic) bond motifs is 1. The number of nitrogen functional groups attached to an aromatic ring is 1. The summed E-state index contributed by atoms with van der Waals surface area (Å²) in [6, 6.07) is 14.0. The normalized spacial score (nSPS) is 19.7. The van der Waals surface area contributed by atoms with Crippen LogP contribution in [0.4, 0.5) is 21.6 Å². The van der Waals surface area contributed by atoms with Crippen LogP contribution in [-0.2, 0) is 12.8 Å². The van der Waals surface area contributed by atoms with Gasteiger partial charge >= 0.3 is 0 Å². The van der Waals surface area contributed by atoms with Crippen LogP contribution < -0.4 is 15.6 Å². The van der Waals surface area contributed by atoms with Gasteiger partial charge in [0.1, 0.15) is 12.1 Å². The van der Waals surface area contributed by atoms with Crippen LogP contribution >= 0.6 is 11.8 Å². The molecule has 1 atom stereocenters. The Hall–Kier alpha value is -3.23. The van der Waals surface area contributed by atoms with E-state index >= 15 is 0 Å². The molecule has 1 unspecified atom stereocenters. The minimum Gasteiger partial charge on any atom is -0.379 e. The van der Waals surface area contributed by atoms with Crippen LogP contribution in [-0.4, -0.2) is 46.1 Å². The minimum atomic E-state index is -0.168. The monoisotopic (exact) mass is 529 g/mol. The highest BCUT2D eigenvalue weighted by Gasteiger charge is 2.46. The number of thioether (sulfide) groups is 1. The predicted octanol–water partition coefficient (Wildman–Crippen LogP) is 5.22. The van der Waals surface area contributed by atoms with E-state index in [0.717, 1.165) is 72.5 Å². The number of rotatable bonds is 7. The Labute approximate surface area is 227 Å². The van der Waals surface area contributed by atoms with Gasteiger partial charge in [-0.15, -0.1) is 16.3 Å². The summed E-state index contributed by atoms with van der Waals surface area (Å²) < 4.78 is 16.7. The molecule has 3 aliphatic rings. The number of benzene rings is 2. The first kappa shape index (κ1) is 25.1. The highest BCUT2D eigenvalue weighted by atomic mass is 32.2. The fourth-order valence-corrected chi connectivity index (χ4v) is 6.71. The molecule has 1 aromatic heterocycles. The summed E-state index contributed by atoms with van der Waals surface area (Å²) in [5.41, 5.74) is 13.7. The third-order valence-corrected chi connectivity index (χ3v) is 8.86. The molecular weight excluding hydrogens is 495 g/mol. The lowest BCUT2D eigenvalue weighted by atomic mass is 9.85. The first-order chi connectivity index (χ1) is 18.4. The fraction of sp³-hybridized carbons (Fsp3) is 0.367. The number of allylic oxidation sites excluding steroid dienone is 1. The number of anilines is 1. The molecule has 2 aromatic carbocycles. The fourth-order valence-electron chi connectivity index (χ4n) is 5.77. The lowest BCUT2D eigenvalue weighted by Gasteiger charge is -2.31. The van der Waals surface area contributed by atoms with Crippen molar-refractivity contribution >= 4 is 34.7 Å². The van der Waals surface area contributed by atoms with Crippen molar-refractivity contribution in [3.63, 3.8) is 0 Å². The van der Waals surface area contributed by atoms with Gasteiger partial charge in [0.2, 0.25) is 22.9 Å². The highest BCUT2D eigenvalue weighted by molar-refractivity contribution is 8.03. The molecule has 3 aromatic rings. The Morgan fingerprint density at radius 3 is 2.55 bits per heavy atom. The summed E-state index contributed by atoms with van der Waals surface area (Å²) in [7, 11) is 2.18. The van der Waals surface area contributed by atoms with Crippen molar-refractivity contribution in [3.05, 3.63) is 88.1 Å². The third kappa shape index (κ3) is 5.07. The topological polar surface area (TPSA) is 70.1 Å². The maximum Gasteiger partial charge on any atom is 0.286 e. The molecule has 3 N–H and O–H groups in total. The van der Waals surface area contributed by atoms with Gasteiger partial charge in [-0.05, 0) is 88.0 Å². The summed E-state index contributed by atoms with van der Waals surface area (Å²) in [4.78, 5) is 12.5.